The second-order valence-electron chi connectivity index (χ2n) is 3.84. The van der Waals surface area contributed by atoms with E-state index in [4.69, 9.17) is 0 Å². The predicted molar refractivity (Wildman–Crippen MR) is 66.7 cm³/mol. The molecule has 1 aliphatic rings. The Morgan fingerprint density at radius 1 is 1.69 bits per heavy atom. The standard InChI is InChI=1S/C10H13BrN2O2S/c11-9-1-6(5-16-9)10(15)13-3-7-2-12-4-8(7)14/h1,5,7-8,12,14H,2-4H2,(H,13,15). The van der Waals surface area contributed by atoms with Gasteiger partial charge in [0.15, 0.2) is 0 Å². The fourth-order valence-corrected chi connectivity index (χ4v) is 2.82. The summed E-state index contributed by atoms with van der Waals surface area (Å²) in [4.78, 5) is 11.7. The molecule has 1 aliphatic heterocycles. The summed E-state index contributed by atoms with van der Waals surface area (Å²) in [6.45, 7) is 1.89. The van der Waals surface area contributed by atoms with Crippen molar-refractivity contribution in [1.82, 2.24) is 10.6 Å². The summed E-state index contributed by atoms with van der Waals surface area (Å²) in [6, 6.07) is 1.79. The zero-order valence-electron chi connectivity index (χ0n) is 8.57. The minimum atomic E-state index is -0.352. The third-order valence-corrected chi connectivity index (χ3v) is 4.16. The van der Waals surface area contributed by atoms with Gasteiger partial charge in [0.25, 0.3) is 5.91 Å². The fraction of sp³-hybridized carbons (Fsp3) is 0.500. The number of carbonyl (C=O) groups excluding carboxylic acids is 1. The van der Waals surface area contributed by atoms with Crippen molar-refractivity contribution in [3.63, 3.8) is 0 Å². The molecule has 1 saturated heterocycles. The highest BCUT2D eigenvalue weighted by Gasteiger charge is 2.25. The Morgan fingerprint density at radius 3 is 3.06 bits per heavy atom. The molecular formula is C10H13BrN2O2S. The van der Waals surface area contributed by atoms with Crippen molar-refractivity contribution in [1.29, 1.82) is 0 Å². The Bertz CT molecular complexity index is 383. The van der Waals surface area contributed by atoms with E-state index in [1.165, 1.54) is 11.3 Å². The van der Waals surface area contributed by atoms with Gasteiger partial charge in [0.05, 0.1) is 15.5 Å². The molecule has 1 fully saturated rings. The van der Waals surface area contributed by atoms with E-state index in [0.29, 0.717) is 18.7 Å². The van der Waals surface area contributed by atoms with Crippen LogP contribution in [0, 0.1) is 5.92 Å². The highest BCUT2D eigenvalue weighted by molar-refractivity contribution is 9.11. The van der Waals surface area contributed by atoms with Crippen molar-refractivity contribution in [3.8, 4) is 0 Å². The van der Waals surface area contributed by atoms with Crippen LogP contribution in [-0.2, 0) is 0 Å². The average molecular weight is 305 g/mol. The summed E-state index contributed by atoms with van der Waals surface area (Å²) in [5.74, 6) is 0.0343. The van der Waals surface area contributed by atoms with Crippen LogP contribution < -0.4 is 10.6 Å². The molecular weight excluding hydrogens is 292 g/mol. The number of β-amino-alcohol motifs (C(OH)–C–C–N with tert-alkyl or cyclic N) is 1. The first kappa shape index (κ1) is 12.0. The number of rotatable bonds is 3. The Balaban J connectivity index is 1.84. The molecule has 0 aromatic carbocycles. The van der Waals surface area contributed by atoms with Crippen LogP contribution >= 0.6 is 27.3 Å². The topological polar surface area (TPSA) is 61.4 Å². The Kier molecular flexibility index (Phi) is 3.96. The van der Waals surface area contributed by atoms with E-state index in [2.05, 4.69) is 26.6 Å². The van der Waals surface area contributed by atoms with Gasteiger partial charge in [-0.25, -0.2) is 0 Å². The molecule has 0 bridgehead atoms. The second-order valence-corrected chi connectivity index (χ2v) is 6.13. The van der Waals surface area contributed by atoms with Crippen molar-refractivity contribution in [2.75, 3.05) is 19.6 Å². The summed E-state index contributed by atoms with van der Waals surface area (Å²) in [5.41, 5.74) is 0.664. The number of aliphatic hydroxyl groups is 1. The van der Waals surface area contributed by atoms with Crippen molar-refractivity contribution in [2.45, 2.75) is 6.10 Å². The normalized spacial score (nSPS) is 24.6. The lowest BCUT2D eigenvalue weighted by Crippen LogP contribution is -2.34. The smallest absolute Gasteiger partial charge is 0.252 e. The number of amides is 1. The van der Waals surface area contributed by atoms with E-state index >= 15 is 0 Å². The number of carbonyl (C=O) groups is 1. The van der Waals surface area contributed by atoms with Crippen LogP contribution in [0.3, 0.4) is 0 Å². The average Bonchev–Trinajstić information content (AvgIpc) is 2.84. The molecule has 1 aromatic heterocycles. The lowest BCUT2D eigenvalue weighted by Gasteiger charge is -2.13. The maximum atomic E-state index is 11.7. The highest BCUT2D eigenvalue weighted by atomic mass is 79.9. The SMILES string of the molecule is O=C(NCC1CNCC1O)c1csc(Br)c1. The quantitative estimate of drug-likeness (QED) is 0.775. The molecule has 0 saturated carbocycles. The molecule has 1 amide bonds. The van der Waals surface area contributed by atoms with E-state index in [1.54, 1.807) is 6.07 Å². The molecule has 3 N–H and O–H groups in total. The lowest BCUT2D eigenvalue weighted by atomic mass is 10.1. The number of aliphatic hydroxyl groups excluding tert-OH is 1. The number of thiophene rings is 1. The number of hydrogen-bond acceptors (Lipinski definition) is 4. The molecule has 0 aliphatic carbocycles. The second kappa shape index (κ2) is 5.27. The van der Waals surface area contributed by atoms with Crippen molar-refractivity contribution >= 4 is 33.2 Å². The molecule has 0 radical (unpaired) electrons. The van der Waals surface area contributed by atoms with Crippen LogP contribution in [0.2, 0.25) is 0 Å². The van der Waals surface area contributed by atoms with Crippen LogP contribution in [0.4, 0.5) is 0 Å². The Labute approximate surface area is 106 Å². The number of hydrogen-bond donors (Lipinski definition) is 3. The first-order valence-electron chi connectivity index (χ1n) is 5.08. The van der Waals surface area contributed by atoms with Crippen LogP contribution in [0.5, 0.6) is 0 Å². The maximum absolute atomic E-state index is 11.7. The summed E-state index contributed by atoms with van der Waals surface area (Å²) in [6.07, 6.45) is -0.352. The highest BCUT2D eigenvalue weighted by Crippen LogP contribution is 2.20. The van der Waals surface area contributed by atoms with E-state index in [1.807, 2.05) is 5.38 Å². The molecule has 0 spiro atoms. The summed E-state index contributed by atoms with van der Waals surface area (Å²) in [7, 11) is 0. The number of nitrogens with one attached hydrogen (secondary N) is 2. The third-order valence-electron chi connectivity index (χ3n) is 2.66. The van der Waals surface area contributed by atoms with E-state index in [-0.39, 0.29) is 17.9 Å². The van der Waals surface area contributed by atoms with Crippen molar-refractivity contribution in [3.05, 3.63) is 20.8 Å². The van der Waals surface area contributed by atoms with Crippen LogP contribution in [0.25, 0.3) is 0 Å². The monoisotopic (exact) mass is 304 g/mol. The Hall–Kier alpha value is -0.430. The first-order chi connectivity index (χ1) is 7.66. The van der Waals surface area contributed by atoms with Gasteiger partial charge in [-0.05, 0) is 22.0 Å². The minimum absolute atomic E-state index is 0.0824. The Morgan fingerprint density at radius 2 is 2.50 bits per heavy atom. The van der Waals surface area contributed by atoms with Crippen LogP contribution in [0.15, 0.2) is 15.2 Å². The van der Waals surface area contributed by atoms with Gasteiger partial charge in [0.2, 0.25) is 0 Å². The van der Waals surface area contributed by atoms with Crippen LogP contribution in [0.1, 0.15) is 10.4 Å². The zero-order valence-corrected chi connectivity index (χ0v) is 11.0. The zero-order chi connectivity index (χ0) is 11.5. The molecule has 1 aromatic rings. The van der Waals surface area contributed by atoms with E-state index < -0.39 is 0 Å². The molecule has 16 heavy (non-hydrogen) atoms. The fourth-order valence-electron chi connectivity index (χ4n) is 1.68. The van der Waals surface area contributed by atoms with Crippen molar-refractivity contribution < 1.29 is 9.90 Å². The molecule has 88 valence electrons. The van der Waals surface area contributed by atoms with E-state index in [9.17, 15) is 9.90 Å². The maximum Gasteiger partial charge on any atom is 0.252 e. The van der Waals surface area contributed by atoms with Gasteiger partial charge in [-0.3, -0.25) is 4.79 Å². The molecule has 2 atom stereocenters. The molecule has 6 heteroatoms. The van der Waals surface area contributed by atoms with Gasteiger partial charge in [-0.2, -0.15) is 0 Å². The van der Waals surface area contributed by atoms with Gasteiger partial charge in [0, 0.05) is 30.9 Å². The predicted octanol–water partition coefficient (Wildman–Crippen LogP) is 0.821. The van der Waals surface area contributed by atoms with Gasteiger partial charge < -0.3 is 15.7 Å². The van der Waals surface area contributed by atoms with Gasteiger partial charge in [0.1, 0.15) is 0 Å². The molecule has 2 heterocycles. The summed E-state index contributed by atoms with van der Waals surface area (Å²) >= 11 is 4.80. The molecule has 2 unspecified atom stereocenters. The largest absolute Gasteiger partial charge is 0.391 e. The van der Waals surface area contributed by atoms with Crippen LogP contribution in [-0.4, -0.2) is 36.8 Å². The first-order valence-corrected chi connectivity index (χ1v) is 6.75. The minimum Gasteiger partial charge on any atom is -0.391 e. The van der Waals surface area contributed by atoms with Gasteiger partial charge in [-0.1, -0.05) is 0 Å². The molecule has 2 rings (SSSR count). The molecule has 4 nitrogen and oxygen atoms in total. The van der Waals surface area contributed by atoms with E-state index in [0.717, 1.165) is 10.3 Å². The van der Waals surface area contributed by atoms with Gasteiger partial charge in [-0.15, -0.1) is 11.3 Å². The van der Waals surface area contributed by atoms with Gasteiger partial charge >= 0.3 is 0 Å². The van der Waals surface area contributed by atoms with Crippen molar-refractivity contribution in [2.24, 2.45) is 5.92 Å². The number of halogens is 1. The summed E-state index contributed by atoms with van der Waals surface area (Å²) in [5, 5.41) is 17.3. The summed E-state index contributed by atoms with van der Waals surface area (Å²) < 4.78 is 0.945. The third kappa shape index (κ3) is 2.82. The lowest BCUT2D eigenvalue weighted by molar-refractivity contribution is 0.0927.